The second kappa shape index (κ2) is 7.24. The van der Waals surface area contributed by atoms with Crippen molar-refractivity contribution < 1.29 is 14.7 Å². The largest absolute Gasteiger partial charge is 0.481 e. The molecule has 1 atom stereocenters. The number of carbonyl (C=O) groups excluding carboxylic acids is 1. The summed E-state index contributed by atoms with van der Waals surface area (Å²) in [5.74, 6) is -1.52. The summed E-state index contributed by atoms with van der Waals surface area (Å²) in [5, 5.41) is 12.5. The molecule has 2 aromatic rings. The number of hydrogen-bond acceptors (Lipinski definition) is 3. The molecule has 22 heavy (non-hydrogen) atoms. The highest BCUT2D eigenvalue weighted by atomic mass is 35.5. The first-order valence-electron chi connectivity index (χ1n) is 6.35. The van der Waals surface area contributed by atoms with Gasteiger partial charge < -0.3 is 10.4 Å². The zero-order chi connectivity index (χ0) is 16.1. The number of carboxylic acid groups (broad SMARTS) is 1. The van der Waals surface area contributed by atoms with Crippen molar-refractivity contribution in [2.75, 3.05) is 0 Å². The summed E-state index contributed by atoms with van der Waals surface area (Å²) in [4.78, 5) is 27.1. The van der Waals surface area contributed by atoms with Gasteiger partial charge >= 0.3 is 5.97 Å². The Morgan fingerprint density at radius 2 is 1.95 bits per heavy atom. The van der Waals surface area contributed by atoms with E-state index in [4.69, 9.17) is 28.3 Å². The van der Waals surface area contributed by atoms with Crippen LogP contribution in [0.3, 0.4) is 0 Å². The lowest BCUT2D eigenvalue weighted by molar-refractivity contribution is -0.137. The SMILES string of the molecule is O=C(O)CC(NC(=O)c1ccc(Cl)cn1)c1cccc(Cl)c1. The first kappa shape index (κ1) is 16.3. The van der Waals surface area contributed by atoms with E-state index in [1.54, 1.807) is 24.3 Å². The van der Waals surface area contributed by atoms with E-state index in [1.807, 2.05) is 0 Å². The molecule has 0 aliphatic rings. The fourth-order valence-corrected chi connectivity index (χ4v) is 2.20. The normalized spacial score (nSPS) is 11.7. The van der Waals surface area contributed by atoms with Gasteiger partial charge in [-0.3, -0.25) is 9.59 Å². The predicted molar refractivity (Wildman–Crippen MR) is 83.2 cm³/mol. The van der Waals surface area contributed by atoms with Crippen molar-refractivity contribution in [1.82, 2.24) is 10.3 Å². The molecule has 1 aromatic carbocycles. The van der Waals surface area contributed by atoms with E-state index in [2.05, 4.69) is 10.3 Å². The van der Waals surface area contributed by atoms with Gasteiger partial charge in [-0.15, -0.1) is 0 Å². The summed E-state index contributed by atoms with van der Waals surface area (Å²) in [6.07, 6.45) is 1.09. The maximum atomic E-state index is 12.2. The van der Waals surface area contributed by atoms with Crippen LogP contribution in [0, 0.1) is 0 Å². The number of pyridine rings is 1. The van der Waals surface area contributed by atoms with Gasteiger partial charge in [0.25, 0.3) is 5.91 Å². The van der Waals surface area contributed by atoms with Crippen molar-refractivity contribution in [3.63, 3.8) is 0 Å². The Balaban J connectivity index is 2.21. The topological polar surface area (TPSA) is 79.3 Å². The number of nitrogens with one attached hydrogen (secondary N) is 1. The molecule has 1 amide bonds. The van der Waals surface area contributed by atoms with Crippen molar-refractivity contribution in [2.24, 2.45) is 0 Å². The van der Waals surface area contributed by atoms with Crippen LogP contribution in [0.4, 0.5) is 0 Å². The number of carbonyl (C=O) groups is 2. The average molecular weight is 339 g/mol. The van der Waals surface area contributed by atoms with E-state index >= 15 is 0 Å². The molecule has 0 spiro atoms. The number of aromatic nitrogens is 1. The number of halogens is 2. The second-order valence-corrected chi connectivity index (χ2v) is 5.41. The molecule has 1 heterocycles. The monoisotopic (exact) mass is 338 g/mol. The van der Waals surface area contributed by atoms with Gasteiger partial charge in [0.2, 0.25) is 0 Å². The number of rotatable bonds is 5. The summed E-state index contributed by atoms with van der Waals surface area (Å²) >= 11 is 11.6. The molecule has 0 bridgehead atoms. The van der Waals surface area contributed by atoms with Gasteiger partial charge in [-0.2, -0.15) is 0 Å². The molecule has 5 nitrogen and oxygen atoms in total. The molecule has 0 aliphatic heterocycles. The quantitative estimate of drug-likeness (QED) is 0.876. The average Bonchev–Trinajstić information content (AvgIpc) is 2.46. The molecule has 2 N–H and O–H groups in total. The van der Waals surface area contributed by atoms with Crippen molar-refractivity contribution in [1.29, 1.82) is 0 Å². The Morgan fingerprint density at radius 1 is 1.18 bits per heavy atom. The van der Waals surface area contributed by atoms with E-state index in [9.17, 15) is 9.59 Å². The van der Waals surface area contributed by atoms with Gasteiger partial charge in [0.15, 0.2) is 0 Å². The van der Waals surface area contributed by atoms with Crippen molar-refractivity contribution >= 4 is 35.1 Å². The molecule has 1 unspecified atom stereocenters. The number of benzene rings is 1. The van der Waals surface area contributed by atoms with Crippen LogP contribution in [0.25, 0.3) is 0 Å². The summed E-state index contributed by atoms with van der Waals surface area (Å²) in [5.41, 5.74) is 0.763. The minimum atomic E-state index is -1.03. The summed E-state index contributed by atoms with van der Waals surface area (Å²) in [6.45, 7) is 0. The van der Waals surface area contributed by atoms with Gasteiger partial charge in [0.1, 0.15) is 5.69 Å². The van der Waals surface area contributed by atoms with E-state index in [0.717, 1.165) is 0 Å². The third-order valence-corrected chi connectivity index (χ3v) is 3.35. The van der Waals surface area contributed by atoms with Gasteiger partial charge in [0.05, 0.1) is 17.5 Å². The van der Waals surface area contributed by atoms with Crippen molar-refractivity contribution in [3.05, 3.63) is 63.9 Å². The number of aliphatic carboxylic acids is 1. The molecule has 0 saturated carbocycles. The minimum Gasteiger partial charge on any atom is -0.481 e. The van der Waals surface area contributed by atoms with Crippen LogP contribution in [0.2, 0.25) is 10.0 Å². The molecule has 0 aliphatic carbocycles. The van der Waals surface area contributed by atoms with E-state index in [-0.39, 0.29) is 12.1 Å². The van der Waals surface area contributed by atoms with E-state index < -0.39 is 17.9 Å². The highest BCUT2D eigenvalue weighted by Gasteiger charge is 2.19. The molecule has 114 valence electrons. The third-order valence-electron chi connectivity index (χ3n) is 2.90. The highest BCUT2D eigenvalue weighted by molar-refractivity contribution is 6.30. The van der Waals surface area contributed by atoms with Crippen LogP contribution in [0.1, 0.15) is 28.5 Å². The minimum absolute atomic E-state index is 0.154. The molecule has 7 heteroatoms. The van der Waals surface area contributed by atoms with Crippen LogP contribution in [-0.2, 0) is 4.79 Å². The maximum absolute atomic E-state index is 12.2. The fourth-order valence-electron chi connectivity index (χ4n) is 1.89. The summed E-state index contributed by atoms with van der Waals surface area (Å²) < 4.78 is 0. The Kier molecular flexibility index (Phi) is 5.35. The Morgan fingerprint density at radius 3 is 2.55 bits per heavy atom. The number of carboxylic acids is 1. The lowest BCUT2D eigenvalue weighted by Gasteiger charge is -2.17. The Bertz CT molecular complexity index is 689. The predicted octanol–water partition coefficient (Wildman–Crippen LogP) is 3.33. The first-order valence-corrected chi connectivity index (χ1v) is 7.11. The molecule has 2 rings (SSSR count). The summed E-state index contributed by atoms with van der Waals surface area (Å²) in [7, 11) is 0. The van der Waals surface area contributed by atoms with Gasteiger partial charge in [-0.25, -0.2) is 4.98 Å². The molecular weight excluding hydrogens is 327 g/mol. The second-order valence-electron chi connectivity index (χ2n) is 4.54. The number of amides is 1. The smallest absolute Gasteiger partial charge is 0.305 e. The van der Waals surface area contributed by atoms with E-state index in [1.165, 1.54) is 18.3 Å². The number of nitrogens with zero attached hydrogens (tertiary/aromatic N) is 1. The van der Waals surface area contributed by atoms with Crippen molar-refractivity contribution in [3.8, 4) is 0 Å². The van der Waals surface area contributed by atoms with E-state index in [0.29, 0.717) is 15.6 Å². The molecule has 0 fully saturated rings. The van der Waals surface area contributed by atoms with Crippen LogP contribution >= 0.6 is 23.2 Å². The lowest BCUT2D eigenvalue weighted by atomic mass is 10.0. The fraction of sp³-hybridized carbons (Fsp3) is 0.133. The van der Waals surface area contributed by atoms with Gasteiger partial charge in [-0.1, -0.05) is 35.3 Å². The van der Waals surface area contributed by atoms with Crippen LogP contribution in [0.15, 0.2) is 42.6 Å². The molecule has 0 saturated heterocycles. The molecule has 0 radical (unpaired) electrons. The van der Waals surface area contributed by atoms with Gasteiger partial charge in [-0.05, 0) is 29.8 Å². The Hall–Kier alpha value is -2.11. The third kappa shape index (κ3) is 4.44. The molecular formula is C15H12Cl2N2O3. The highest BCUT2D eigenvalue weighted by Crippen LogP contribution is 2.21. The molecule has 1 aromatic heterocycles. The van der Waals surface area contributed by atoms with Crippen LogP contribution in [-0.4, -0.2) is 22.0 Å². The zero-order valence-electron chi connectivity index (χ0n) is 11.3. The maximum Gasteiger partial charge on any atom is 0.305 e. The Labute approximate surface area is 136 Å². The first-order chi connectivity index (χ1) is 10.5. The summed E-state index contributed by atoms with van der Waals surface area (Å²) in [6, 6.07) is 8.98. The number of hydrogen-bond donors (Lipinski definition) is 2. The lowest BCUT2D eigenvalue weighted by Crippen LogP contribution is -2.30. The standard InChI is InChI=1S/C15H12Cl2N2O3/c16-10-3-1-2-9(6-10)13(7-14(20)21)19-15(22)12-5-4-11(17)8-18-12/h1-6,8,13H,7H2,(H,19,22)(H,20,21). The van der Waals surface area contributed by atoms with Crippen LogP contribution in [0.5, 0.6) is 0 Å². The van der Waals surface area contributed by atoms with Gasteiger partial charge in [0, 0.05) is 11.2 Å². The van der Waals surface area contributed by atoms with Crippen LogP contribution < -0.4 is 5.32 Å². The van der Waals surface area contributed by atoms with Crippen molar-refractivity contribution in [2.45, 2.75) is 12.5 Å². The zero-order valence-corrected chi connectivity index (χ0v) is 12.8.